The maximum Gasteiger partial charge on any atom is 0.405 e. The van der Waals surface area contributed by atoms with Crippen LogP contribution in [0.5, 0.6) is 5.75 Å². The van der Waals surface area contributed by atoms with Gasteiger partial charge in [-0.25, -0.2) is 9.18 Å². The number of rotatable bonds is 7. The van der Waals surface area contributed by atoms with E-state index in [4.69, 9.17) is 26.8 Å². The van der Waals surface area contributed by atoms with Crippen molar-refractivity contribution in [3.05, 3.63) is 53.6 Å². The van der Waals surface area contributed by atoms with Crippen LogP contribution in [-0.4, -0.2) is 28.3 Å². The molecule has 0 aliphatic rings. The van der Waals surface area contributed by atoms with Crippen LogP contribution in [0.4, 0.5) is 9.18 Å². The minimum Gasteiger partial charge on any atom is -0.486 e. The van der Waals surface area contributed by atoms with Gasteiger partial charge in [0, 0.05) is 23.2 Å². The molecule has 0 aliphatic carbocycles. The third-order valence-electron chi connectivity index (χ3n) is 4.52. The molecular weight excluding hydrogens is 409 g/mol. The molecular formula is C22H23ClFN3O3. The van der Waals surface area contributed by atoms with E-state index < -0.39 is 11.7 Å². The number of pyridine rings is 2. The Morgan fingerprint density at radius 3 is 2.70 bits per heavy atom. The summed E-state index contributed by atoms with van der Waals surface area (Å²) < 4.78 is 24.6. The number of nitrogens with two attached hydrogens (primary N) is 1. The zero-order valence-corrected chi connectivity index (χ0v) is 17.7. The topological polar surface area (TPSA) is 87.3 Å². The summed E-state index contributed by atoms with van der Waals surface area (Å²) in [7, 11) is 0. The third-order valence-corrected chi connectivity index (χ3v) is 4.82. The highest BCUT2D eigenvalue weighted by Crippen LogP contribution is 2.33. The number of primary amides is 1. The summed E-state index contributed by atoms with van der Waals surface area (Å²) in [5.74, 6) is 0.260. The molecule has 1 aromatic carbocycles. The Hall–Kier alpha value is -2.93. The molecule has 0 saturated heterocycles. The fourth-order valence-corrected chi connectivity index (χ4v) is 3.69. The van der Waals surface area contributed by atoms with Crippen molar-refractivity contribution in [3.63, 3.8) is 0 Å². The molecule has 0 unspecified atom stereocenters. The Labute approximate surface area is 179 Å². The lowest BCUT2D eigenvalue weighted by Gasteiger charge is -2.30. The minimum atomic E-state index is -0.895. The summed E-state index contributed by atoms with van der Waals surface area (Å²) in [6.07, 6.45) is 2.81. The van der Waals surface area contributed by atoms with Crippen molar-refractivity contribution >= 4 is 28.6 Å². The number of fused-ring (bicyclic) bond motifs is 1. The number of halogens is 2. The summed E-state index contributed by atoms with van der Waals surface area (Å²) in [6, 6.07) is 7.86. The summed E-state index contributed by atoms with van der Waals surface area (Å²) in [5.41, 5.74) is 6.21. The Morgan fingerprint density at radius 1 is 1.27 bits per heavy atom. The van der Waals surface area contributed by atoms with Crippen molar-refractivity contribution in [1.82, 2.24) is 9.97 Å². The van der Waals surface area contributed by atoms with Crippen LogP contribution in [0.15, 0.2) is 42.7 Å². The minimum absolute atomic E-state index is 0.0757. The number of hydrogen-bond acceptors (Lipinski definition) is 5. The van der Waals surface area contributed by atoms with E-state index in [2.05, 4.69) is 9.97 Å². The van der Waals surface area contributed by atoms with E-state index in [0.29, 0.717) is 28.4 Å². The van der Waals surface area contributed by atoms with Gasteiger partial charge in [0.25, 0.3) is 0 Å². The van der Waals surface area contributed by atoms with Gasteiger partial charge in [0.15, 0.2) is 5.75 Å². The number of carbonyl (C=O) groups excluding carboxylic acids is 1. The van der Waals surface area contributed by atoms with E-state index in [1.54, 1.807) is 31.3 Å². The van der Waals surface area contributed by atoms with Gasteiger partial charge in [-0.15, -0.1) is 0 Å². The predicted molar refractivity (Wildman–Crippen MR) is 114 cm³/mol. The second-order valence-corrected chi connectivity index (χ2v) is 8.18. The number of carbonyl (C=O) groups is 1. The molecule has 0 spiro atoms. The van der Waals surface area contributed by atoms with Gasteiger partial charge < -0.3 is 15.2 Å². The summed E-state index contributed by atoms with van der Waals surface area (Å²) in [4.78, 5) is 19.9. The average molecular weight is 432 g/mol. The first-order valence-corrected chi connectivity index (χ1v) is 9.86. The number of hydrogen-bond donors (Lipinski definition) is 1. The SMILES string of the molecule is CC(C)C[C@@](C)(COc1cnc(-c2ccnc3cc(F)ccc23)cc1Cl)OC(N)=O. The third kappa shape index (κ3) is 5.16. The lowest BCUT2D eigenvalue weighted by atomic mass is 9.95. The first-order chi connectivity index (χ1) is 14.2. The first-order valence-electron chi connectivity index (χ1n) is 9.48. The maximum absolute atomic E-state index is 13.5. The zero-order chi connectivity index (χ0) is 21.9. The van der Waals surface area contributed by atoms with Crippen LogP contribution in [0.25, 0.3) is 22.2 Å². The van der Waals surface area contributed by atoms with Crippen LogP contribution >= 0.6 is 11.6 Å². The molecule has 3 rings (SSSR count). The first kappa shape index (κ1) is 21.8. The summed E-state index contributed by atoms with van der Waals surface area (Å²) >= 11 is 6.42. The lowest BCUT2D eigenvalue weighted by molar-refractivity contribution is -0.0186. The molecule has 8 heteroatoms. The Morgan fingerprint density at radius 2 is 2.03 bits per heavy atom. The fourth-order valence-electron chi connectivity index (χ4n) is 3.48. The molecule has 158 valence electrons. The van der Waals surface area contributed by atoms with Crippen molar-refractivity contribution in [2.24, 2.45) is 11.7 Å². The molecule has 2 aromatic heterocycles. The van der Waals surface area contributed by atoms with Gasteiger partial charge in [-0.3, -0.25) is 9.97 Å². The van der Waals surface area contributed by atoms with Crippen LogP contribution < -0.4 is 10.5 Å². The molecule has 0 saturated carbocycles. The Balaban J connectivity index is 1.85. The van der Waals surface area contributed by atoms with E-state index in [1.807, 2.05) is 13.8 Å². The number of amides is 1. The quantitative estimate of drug-likeness (QED) is 0.543. The Kier molecular flexibility index (Phi) is 6.41. The van der Waals surface area contributed by atoms with E-state index in [-0.39, 0.29) is 18.3 Å². The largest absolute Gasteiger partial charge is 0.486 e. The molecule has 3 aromatic rings. The van der Waals surface area contributed by atoms with Crippen LogP contribution in [0.1, 0.15) is 27.2 Å². The van der Waals surface area contributed by atoms with E-state index in [9.17, 15) is 9.18 Å². The fraction of sp³-hybridized carbons (Fsp3) is 0.318. The van der Waals surface area contributed by atoms with Gasteiger partial charge >= 0.3 is 6.09 Å². The average Bonchev–Trinajstić information content (AvgIpc) is 2.65. The van der Waals surface area contributed by atoms with Crippen LogP contribution in [0, 0.1) is 11.7 Å². The van der Waals surface area contributed by atoms with Gasteiger partial charge in [0.2, 0.25) is 0 Å². The van der Waals surface area contributed by atoms with E-state index in [0.717, 1.165) is 10.9 Å². The van der Waals surface area contributed by atoms with Crippen molar-refractivity contribution in [3.8, 4) is 17.0 Å². The van der Waals surface area contributed by atoms with E-state index in [1.165, 1.54) is 18.3 Å². The van der Waals surface area contributed by atoms with Gasteiger partial charge in [-0.05, 0) is 43.5 Å². The number of aromatic nitrogens is 2. The van der Waals surface area contributed by atoms with Crippen molar-refractivity contribution in [1.29, 1.82) is 0 Å². The molecule has 0 aliphatic heterocycles. The number of nitrogens with zero attached hydrogens (tertiary/aromatic N) is 2. The highest BCUT2D eigenvalue weighted by atomic mass is 35.5. The zero-order valence-electron chi connectivity index (χ0n) is 17.0. The van der Waals surface area contributed by atoms with Gasteiger partial charge in [-0.2, -0.15) is 0 Å². The van der Waals surface area contributed by atoms with Crippen molar-refractivity contribution in [2.45, 2.75) is 32.8 Å². The summed E-state index contributed by atoms with van der Waals surface area (Å²) in [5, 5.41) is 1.11. The Bertz CT molecular complexity index is 1080. The molecule has 30 heavy (non-hydrogen) atoms. The molecule has 1 amide bonds. The van der Waals surface area contributed by atoms with Crippen LogP contribution in [0.2, 0.25) is 5.02 Å². The van der Waals surface area contributed by atoms with E-state index >= 15 is 0 Å². The normalized spacial score (nSPS) is 13.3. The smallest absolute Gasteiger partial charge is 0.405 e. The number of ether oxygens (including phenoxy) is 2. The van der Waals surface area contributed by atoms with Crippen LogP contribution in [-0.2, 0) is 4.74 Å². The van der Waals surface area contributed by atoms with Crippen molar-refractivity contribution < 1.29 is 18.7 Å². The molecule has 2 N–H and O–H groups in total. The highest BCUT2D eigenvalue weighted by Gasteiger charge is 2.31. The standard InChI is InChI=1S/C22H23ClFN3O3/c1-13(2)10-22(3,30-21(25)28)12-29-20-11-27-19(9-17(20)23)16-6-7-26-18-8-14(24)4-5-15(16)18/h4-9,11,13H,10,12H2,1-3H3,(H2,25,28)/t22-/m0/s1. The molecule has 0 fully saturated rings. The summed E-state index contributed by atoms with van der Waals surface area (Å²) in [6.45, 7) is 5.86. The molecule has 2 heterocycles. The maximum atomic E-state index is 13.5. The highest BCUT2D eigenvalue weighted by molar-refractivity contribution is 6.32. The second kappa shape index (κ2) is 8.83. The monoisotopic (exact) mass is 431 g/mol. The van der Waals surface area contributed by atoms with Gasteiger partial charge in [-0.1, -0.05) is 25.4 Å². The molecule has 1 atom stereocenters. The second-order valence-electron chi connectivity index (χ2n) is 7.78. The van der Waals surface area contributed by atoms with Gasteiger partial charge in [0.1, 0.15) is 18.0 Å². The molecule has 6 nitrogen and oxygen atoms in total. The van der Waals surface area contributed by atoms with Crippen molar-refractivity contribution in [2.75, 3.05) is 6.61 Å². The number of benzene rings is 1. The lowest BCUT2D eigenvalue weighted by Crippen LogP contribution is -2.41. The van der Waals surface area contributed by atoms with Gasteiger partial charge in [0.05, 0.1) is 22.4 Å². The predicted octanol–water partition coefficient (Wildman–Crippen LogP) is 5.37. The molecule has 0 radical (unpaired) electrons. The van der Waals surface area contributed by atoms with Crippen LogP contribution in [0.3, 0.4) is 0 Å². The molecule has 0 bridgehead atoms.